The van der Waals surface area contributed by atoms with Crippen molar-refractivity contribution in [3.63, 3.8) is 0 Å². The first kappa shape index (κ1) is 18.8. The van der Waals surface area contributed by atoms with E-state index in [1.165, 1.54) is 18.2 Å². The summed E-state index contributed by atoms with van der Waals surface area (Å²) in [6, 6.07) is 11.2. The van der Waals surface area contributed by atoms with E-state index in [-0.39, 0.29) is 22.2 Å². The van der Waals surface area contributed by atoms with Gasteiger partial charge in [0.15, 0.2) is 11.1 Å². The van der Waals surface area contributed by atoms with Crippen LogP contribution >= 0.6 is 0 Å². The molecule has 0 saturated heterocycles. The van der Waals surface area contributed by atoms with Crippen LogP contribution in [0, 0.1) is 5.82 Å². The van der Waals surface area contributed by atoms with Crippen LogP contribution in [-0.2, 0) is 4.74 Å². The molecule has 0 saturated carbocycles. The Balaban J connectivity index is 2.00. The van der Waals surface area contributed by atoms with E-state index in [0.29, 0.717) is 0 Å². The van der Waals surface area contributed by atoms with Crippen molar-refractivity contribution >= 4 is 28.8 Å². The summed E-state index contributed by atoms with van der Waals surface area (Å²) >= 11 is 0. The monoisotopic (exact) mass is 383 g/mol. The van der Waals surface area contributed by atoms with Gasteiger partial charge in [0, 0.05) is 11.6 Å². The number of esters is 1. The predicted octanol–water partition coefficient (Wildman–Crippen LogP) is 2.02. The molecule has 0 bridgehead atoms. The number of carbonyl (C=O) groups is 3. The highest BCUT2D eigenvalue weighted by Crippen LogP contribution is 2.14. The number of imide groups is 1. The van der Waals surface area contributed by atoms with Crippen LogP contribution in [0.3, 0.4) is 0 Å². The molecule has 0 spiro atoms. The fourth-order valence-corrected chi connectivity index (χ4v) is 2.57. The molecule has 2 aromatic carbocycles. The lowest BCUT2D eigenvalue weighted by Gasteiger charge is -2.16. The molecule has 9 heteroatoms. The minimum Gasteiger partial charge on any atom is -0.464 e. The number of pyridine rings is 1. The molecule has 0 fully saturated rings. The van der Waals surface area contributed by atoms with Gasteiger partial charge in [-0.1, -0.05) is 18.2 Å². The maximum absolute atomic E-state index is 13.5. The Morgan fingerprint density at radius 3 is 2.43 bits per heavy atom. The van der Waals surface area contributed by atoms with E-state index < -0.39 is 29.2 Å². The molecule has 0 aliphatic heterocycles. The van der Waals surface area contributed by atoms with Crippen molar-refractivity contribution in [1.29, 1.82) is 0 Å². The molecule has 142 valence electrons. The number of nitrogens with one attached hydrogen (secondary N) is 2. The fraction of sp³-hybridized carbons (Fsp3) is 0.0526. The fourth-order valence-electron chi connectivity index (χ4n) is 2.57. The van der Waals surface area contributed by atoms with E-state index in [9.17, 15) is 23.6 Å². The zero-order valence-corrected chi connectivity index (χ0v) is 14.6. The molecule has 1 heterocycles. The summed E-state index contributed by atoms with van der Waals surface area (Å²) in [5, 5.41) is 2.04. The van der Waals surface area contributed by atoms with Gasteiger partial charge in [0.1, 0.15) is 5.82 Å². The van der Waals surface area contributed by atoms with Crippen LogP contribution in [0.4, 0.5) is 9.18 Å². The molecule has 0 atom stereocenters. The first-order chi connectivity index (χ1) is 13.4. The van der Waals surface area contributed by atoms with Crippen molar-refractivity contribution in [3.05, 3.63) is 81.9 Å². The van der Waals surface area contributed by atoms with E-state index in [2.05, 4.69) is 15.5 Å². The third-order valence-electron chi connectivity index (χ3n) is 3.84. The Hall–Kier alpha value is -4.01. The Kier molecular flexibility index (Phi) is 5.16. The van der Waals surface area contributed by atoms with E-state index in [0.717, 1.165) is 30.0 Å². The SMILES string of the molecule is COC(=O)c1cc(=O)c2cc(F)ccc2n1NC(=O)NC(=O)c1ccccc1. The van der Waals surface area contributed by atoms with Crippen molar-refractivity contribution < 1.29 is 23.5 Å². The van der Waals surface area contributed by atoms with Gasteiger partial charge in [-0.2, -0.15) is 0 Å². The van der Waals surface area contributed by atoms with Gasteiger partial charge in [0.05, 0.1) is 18.0 Å². The summed E-state index contributed by atoms with van der Waals surface area (Å²) in [6.45, 7) is 0. The summed E-state index contributed by atoms with van der Waals surface area (Å²) in [7, 11) is 1.10. The van der Waals surface area contributed by atoms with Gasteiger partial charge in [0.25, 0.3) is 5.91 Å². The standard InChI is InChI=1S/C19H14FN3O5/c1-28-18(26)15-10-16(24)13-9-12(20)7-8-14(13)23(15)22-19(27)21-17(25)11-5-3-2-4-6-11/h2-10H,1H3,(H2,21,22,25,27). The van der Waals surface area contributed by atoms with Crippen LogP contribution in [-0.4, -0.2) is 29.7 Å². The van der Waals surface area contributed by atoms with Crippen LogP contribution in [0.5, 0.6) is 0 Å². The number of aromatic nitrogens is 1. The van der Waals surface area contributed by atoms with Crippen LogP contribution < -0.4 is 16.2 Å². The quantitative estimate of drug-likeness (QED) is 0.673. The second-order valence-corrected chi connectivity index (χ2v) is 5.64. The number of carbonyl (C=O) groups excluding carboxylic acids is 3. The van der Waals surface area contributed by atoms with E-state index >= 15 is 0 Å². The summed E-state index contributed by atoms with van der Waals surface area (Å²) in [5.41, 5.74) is 1.67. The molecule has 0 aliphatic carbocycles. The van der Waals surface area contributed by atoms with Crippen LogP contribution in [0.25, 0.3) is 10.9 Å². The minimum atomic E-state index is -0.965. The van der Waals surface area contributed by atoms with Gasteiger partial charge in [-0.05, 0) is 30.3 Å². The van der Waals surface area contributed by atoms with Crippen LogP contribution in [0.15, 0.2) is 59.4 Å². The molecule has 0 aliphatic rings. The Bertz CT molecular complexity index is 1140. The summed E-state index contributed by atoms with van der Waals surface area (Å²) in [4.78, 5) is 48.6. The molecular formula is C19H14FN3O5. The van der Waals surface area contributed by atoms with Crippen LogP contribution in [0.1, 0.15) is 20.8 Å². The molecule has 3 aromatic rings. The highest BCUT2D eigenvalue weighted by molar-refractivity contribution is 6.06. The lowest BCUT2D eigenvalue weighted by molar-refractivity contribution is 0.0590. The maximum Gasteiger partial charge on any atom is 0.356 e. The van der Waals surface area contributed by atoms with E-state index in [1.807, 2.05) is 0 Å². The van der Waals surface area contributed by atoms with Gasteiger partial charge >= 0.3 is 12.0 Å². The minimum absolute atomic E-state index is 0.0524. The molecule has 2 N–H and O–H groups in total. The average molecular weight is 383 g/mol. The van der Waals surface area contributed by atoms with Gasteiger partial charge < -0.3 is 4.74 Å². The topological polar surface area (TPSA) is 106 Å². The molecule has 3 amide bonds. The summed E-state index contributed by atoms with van der Waals surface area (Å²) < 4.78 is 19.1. The number of methoxy groups -OCH3 is 1. The number of rotatable bonds is 3. The predicted molar refractivity (Wildman–Crippen MR) is 98.2 cm³/mol. The lowest BCUT2D eigenvalue weighted by atomic mass is 10.2. The highest BCUT2D eigenvalue weighted by atomic mass is 19.1. The average Bonchev–Trinajstić information content (AvgIpc) is 2.70. The molecular weight excluding hydrogens is 369 g/mol. The second-order valence-electron chi connectivity index (χ2n) is 5.64. The van der Waals surface area contributed by atoms with Crippen molar-refractivity contribution in [2.24, 2.45) is 0 Å². The second kappa shape index (κ2) is 7.70. The number of nitrogens with zero attached hydrogens (tertiary/aromatic N) is 1. The largest absolute Gasteiger partial charge is 0.464 e. The zero-order valence-electron chi connectivity index (χ0n) is 14.6. The Labute approximate surface area is 157 Å². The Morgan fingerprint density at radius 1 is 1.04 bits per heavy atom. The van der Waals surface area contributed by atoms with Gasteiger partial charge in [-0.3, -0.25) is 14.9 Å². The summed E-state index contributed by atoms with van der Waals surface area (Å²) in [6.07, 6.45) is 0. The molecule has 0 unspecified atom stereocenters. The molecule has 1 aromatic heterocycles. The van der Waals surface area contributed by atoms with E-state index in [4.69, 9.17) is 0 Å². The maximum atomic E-state index is 13.5. The van der Waals surface area contributed by atoms with E-state index in [1.54, 1.807) is 18.2 Å². The number of hydrogen-bond donors (Lipinski definition) is 2. The van der Waals surface area contributed by atoms with Crippen molar-refractivity contribution in [3.8, 4) is 0 Å². The number of ether oxygens (including phenoxy) is 1. The normalized spacial score (nSPS) is 10.4. The molecule has 8 nitrogen and oxygen atoms in total. The third-order valence-corrected chi connectivity index (χ3v) is 3.84. The van der Waals surface area contributed by atoms with Crippen molar-refractivity contribution in [2.45, 2.75) is 0 Å². The van der Waals surface area contributed by atoms with Crippen molar-refractivity contribution in [2.75, 3.05) is 12.5 Å². The highest BCUT2D eigenvalue weighted by Gasteiger charge is 2.19. The van der Waals surface area contributed by atoms with Gasteiger partial charge in [0.2, 0.25) is 0 Å². The summed E-state index contributed by atoms with van der Waals surface area (Å²) in [5.74, 6) is -2.24. The molecule has 0 radical (unpaired) electrons. The third kappa shape index (κ3) is 3.73. The zero-order chi connectivity index (χ0) is 20.3. The number of amides is 3. The van der Waals surface area contributed by atoms with Crippen molar-refractivity contribution in [1.82, 2.24) is 9.99 Å². The first-order valence-corrected chi connectivity index (χ1v) is 8.01. The number of hydrogen-bond acceptors (Lipinski definition) is 5. The Morgan fingerprint density at radius 2 is 1.75 bits per heavy atom. The van der Waals surface area contributed by atoms with Gasteiger partial charge in [-0.25, -0.2) is 24.1 Å². The first-order valence-electron chi connectivity index (χ1n) is 8.01. The lowest BCUT2D eigenvalue weighted by Crippen LogP contribution is -2.40. The van der Waals surface area contributed by atoms with Crippen LogP contribution in [0.2, 0.25) is 0 Å². The number of fused-ring (bicyclic) bond motifs is 1. The molecule has 3 rings (SSSR count). The number of halogens is 1. The number of benzene rings is 2. The number of urea groups is 1. The smallest absolute Gasteiger partial charge is 0.356 e. The molecule has 28 heavy (non-hydrogen) atoms. The van der Waals surface area contributed by atoms with Gasteiger partial charge in [-0.15, -0.1) is 0 Å².